The number of carbonyl (C=O) groups excluding carboxylic acids is 1. The normalized spacial score (nSPS) is 17.3. The van der Waals surface area contributed by atoms with Crippen LogP contribution >= 0.6 is 0 Å². The summed E-state index contributed by atoms with van der Waals surface area (Å²) in [7, 11) is 1.51. The van der Waals surface area contributed by atoms with Crippen molar-refractivity contribution in [3.05, 3.63) is 63.6 Å². The minimum Gasteiger partial charge on any atom is -0.337 e. The third-order valence-electron chi connectivity index (χ3n) is 4.81. The molecule has 1 atom stereocenters. The molecule has 2 aromatic rings. The van der Waals surface area contributed by atoms with E-state index < -0.39 is 11.6 Å². The minimum absolute atomic E-state index is 0.182. The first-order chi connectivity index (χ1) is 12.4. The maximum atomic E-state index is 13.3. The van der Waals surface area contributed by atoms with Gasteiger partial charge >= 0.3 is 0 Å². The van der Waals surface area contributed by atoms with Crippen molar-refractivity contribution >= 4 is 5.91 Å². The van der Waals surface area contributed by atoms with E-state index in [0.717, 1.165) is 35.6 Å². The standard InChI is InChI=1S/C19H21F2N3O2/c1-23-18(25)9-8-17(22-23)19(26)24-10-2-3-14(12-24)5-4-13-6-7-15(20)16(21)11-13/h6-9,11,14H,2-5,10,12H2,1H3. The van der Waals surface area contributed by atoms with Crippen LogP contribution in [0.15, 0.2) is 35.1 Å². The molecule has 2 heterocycles. The third-order valence-corrected chi connectivity index (χ3v) is 4.81. The number of aryl methyl sites for hydroxylation is 2. The molecule has 1 aromatic heterocycles. The fraction of sp³-hybridized carbons (Fsp3) is 0.421. The number of nitrogens with zero attached hydrogens (tertiary/aromatic N) is 3. The lowest BCUT2D eigenvalue weighted by atomic mass is 9.91. The quantitative estimate of drug-likeness (QED) is 0.841. The summed E-state index contributed by atoms with van der Waals surface area (Å²) in [6.07, 6.45) is 3.33. The summed E-state index contributed by atoms with van der Waals surface area (Å²) in [5, 5.41) is 4.02. The Morgan fingerprint density at radius 2 is 2.04 bits per heavy atom. The van der Waals surface area contributed by atoms with Gasteiger partial charge in [0.15, 0.2) is 11.6 Å². The van der Waals surface area contributed by atoms with E-state index in [1.54, 1.807) is 11.0 Å². The van der Waals surface area contributed by atoms with Gasteiger partial charge in [-0.1, -0.05) is 6.07 Å². The number of hydrogen-bond donors (Lipinski definition) is 0. The molecule has 26 heavy (non-hydrogen) atoms. The van der Waals surface area contributed by atoms with Crippen LogP contribution in [0.2, 0.25) is 0 Å². The Bertz CT molecular complexity index is 866. The van der Waals surface area contributed by atoms with Gasteiger partial charge in [-0.25, -0.2) is 13.5 Å². The van der Waals surface area contributed by atoms with Gasteiger partial charge in [0.25, 0.3) is 11.5 Å². The van der Waals surface area contributed by atoms with Crippen LogP contribution in [0.3, 0.4) is 0 Å². The second-order valence-corrected chi connectivity index (χ2v) is 6.73. The van der Waals surface area contributed by atoms with Gasteiger partial charge < -0.3 is 4.90 Å². The van der Waals surface area contributed by atoms with E-state index in [4.69, 9.17) is 0 Å². The van der Waals surface area contributed by atoms with Crippen LogP contribution in [-0.2, 0) is 13.5 Å². The Hall–Kier alpha value is -2.57. The van der Waals surface area contributed by atoms with E-state index >= 15 is 0 Å². The van der Waals surface area contributed by atoms with Crippen molar-refractivity contribution in [2.45, 2.75) is 25.7 Å². The van der Waals surface area contributed by atoms with Crippen molar-refractivity contribution < 1.29 is 13.6 Å². The first kappa shape index (κ1) is 18.2. The van der Waals surface area contributed by atoms with Gasteiger partial charge in [0.05, 0.1) is 0 Å². The van der Waals surface area contributed by atoms with E-state index in [1.165, 1.54) is 25.2 Å². The van der Waals surface area contributed by atoms with Crippen molar-refractivity contribution in [2.75, 3.05) is 13.1 Å². The average molecular weight is 361 g/mol. The van der Waals surface area contributed by atoms with Gasteiger partial charge in [0.1, 0.15) is 5.69 Å². The second-order valence-electron chi connectivity index (χ2n) is 6.73. The molecule has 0 saturated carbocycles. The van der Waals surface area contributed by atoms with Gasteiger partial charge in [-0.15, -0.1) is 0 Å². The number of aromatic nitrogens is 2. The molecule has 0 radical (unpaired) electrons. The monoisotopic (exact) mass is 361 g/mol. The number of halogens is 2. The number of piperidine rings is 1. The van der Waals surface area contributed by atoms with Crippen LogP contribution in [-0.4, -0.2) is 33.7 Å². The lowest BCUT2D eigenvalue weighted by molar-refractivity contribution is 0.0659. The largest absolute Gasteiger partial charge is 0.337 e. The maximum Gasteiger partial charge on any atom is 0.274 e. The molecule has 0 spiro atoms. The molecule has 1 unspecified atom stereocenters. The Morgan fingerprint density at radius 1 is 1.23 bits per heavy atom. The lowest BCUT2D eigenvalue weighted by Crippen LogP contribution is -2.41. The van der Waals surface area contributed by atoms with Crippen molar-refractivity contribution in [3.63, 3.8) is 0 Å². The predicted octanol–water partition coefficient (Wildman–Crippen LogP) is 2.54. The van der Waals surface area contributed by atoms with Crippen molar-refractivity contribution in [1.82, 2.24) is 14.7 Å². The van der Waals surface area contributed by atoms with Gasteiger partial charge in [-0.05, 0) is 55.4 Å². The van der Waals surface area contributed by atoms with Crippen molar-refractivity contribution in [1.29, 1.82) is 0 Å². The van der Waals surface area contributed by atoms with E-state index in [-0.39, 0.29) is 17.2 Å². The summed E-state index contributed by atoms with van der Waals surface area (Å²) in [6.45, 7) is 1.26. The maximum absolute atomic E-state index is 13.3. The number of likely N-dealkylation sites (tertiary alicyclic amines) is 1. The topological polar surface area (TPSA) is 55.2 Å². The molecule has 0 N–H and O–H groups in total. The zero-order chi connectivity index (χ0) is 18.7. The minimum atomic E-state index is -0.840. The van der Waals surface area contributed by atoms with Gasteiger partial charge in [0.2, 0.25) is 0 Å². The molecule has 0 bridgehead atoms. The Kier molecular flexibility index (Phi) is 5.44. The molecular formula is C19H21F2N3O2. The first-order valence-electron chi connectivity index (χ1n) is 8.71. The highest BCUT2D eigenvalue weighted by Gasteiger charge is 2.25. The summed E-state index contributed by atoms with van der Waals surface area (Å²) in [5.41, 5.74) is 0.755. The second kappa shape index (κ2) is 7.76. The highest BCUT2D eigenvalue weighted by molar-refractivity contribution is 5.92. The highest BCUT2D eigenvalue weighted by Crippen LogP contribution is 2.23. The van der Waals surface area contributed by atoms with Gasteiger partial charge in [0, 0.05) is 26.2 Å². The molecule has 1 amide bonds. The summed E-state index contributed by atoms with van der Waals surface area (Å²) in [5.74, 6) is -1.55. The molecule has 7 heteroatoms. The molecule has 1 fully saturated rings. The fourth-order valence-electron chi connectivity index (χ4n) is 3.33. The van der Waals surface area contributed by atoms with Crippen molar-refractivity contribution in [2.24, 2.45) is 13.0 Å². The number of hydrogen-bond acceptors (Lipinski definition) is 3. The molecule has 3 rings (SSSR count). The molecule has 1 aromatic carbocycles. The SMILES string of the molecule is Cn1nc(C(=O)N2CCCC(CCc3ccc(F)c(F)c3)C2)ccc1=O. The van der Waals surface area contributed by atoms with Gasteiger partial charge in [-0.2, -0.15) is 5.10 Å². The number of amides is 1. The molecule has 5 nitrogen and oxygen atoms in total. The van der Waals surface area contributed by atoms with Crippen LogP contribution in [0.5, 0.6) is 0 Å². The van der Waals surface area contributed by atoms with Crippen LogP contribution in [0, 0.1) is 17.6 Å². The van der Waals surface area contributed by atoms with E-state index in [2.05, 4.69) is 5.10 Å². The van der Waals surface area contributed by atoms with E-state index in [1.807, 2.05) is 0 Å². The van der Waals surface area contributed by atoms with E-state index in [9.17, 15) is 18.4 Å². The van der Waals surface area contributed by atoms with Crippen LogP contribution in [0.1, 0.15) is 35.3 Å². The fourth-order valence-corrected chi connectivity index (χ4v) is 3.33. The van der Waals surface area contributed by atoms with E-state index in [0.29, 0.717) is 25.4 Å². The smallest absolute Gasteiger partial charge is 0.274 e. The van der Waals surface area contributed by atoms with Crippen LogP contribution < -0.4 is 5.56 Å². The molecular weight excluding hydrogens is 340 g/mol. The van der Waals surface area contributed by atoms with Gasteiger partial charge in [-0.3, -0.25) is 9.59 Å². The number of rotatable bonds is 4. The number of benzene rings is 1. The third kappa shape index (κ3) is 4.15. The molecule has 0 aliphatic carbocycles. The Labute approximate surface area is 150 Å². The molecule has 1 aliphatic heterocycles. The highest BCUT2D eigenvalue weighted by atomic mass is 19.2. The Balaban J connectivity index is 1.61. The summed E-state index contributed by atoms with van der Waals surface area (Å²) >= 11 is 0. The summed E-state index contributed by atoms with van der Waals surface area (Å²) in [6, 6.07) is 6.76. The predicted molar refractivity (Wildman–Crippen MR) is 92.8 cm³/mol. The zero-order valence-electron chi connectivity index (χ0n) is 14.6. The summed E-state index contributed by atoms with van der Waals surface area (Å²) < 4.78 is 27.5. The summed E-state index contributed by atoms with van der Waals surface area (Å²) in [4.78, 5) is 25.8. The number of carbonyl (C=O) groups is 1. The van der Waals surface area contributed by atoms with Crippen LogP contribution in [0.25, 0.3) is 0 Å². The first-order valence-corrected chi connectivity index (χ1v) is 8.71. The zero-order valence-corrected chi connectivity index (χ0v) is 14.6. The average Bonchev–Trinajstić information content (AvgIpc) is 2.64. The molecule has 1 saturated heterocycles. The molecule has 138 valence electrons. The van der Waals surface area contributed by atoms with Crippen molar-refractivity contribution in [3.8, 4) is 0 Å². The lowest BCUT2D eigenvalue weighted by Gasteiger charge is -2.32. The molecule has 1 aliphatic rings. The van der Waals surface area contributed by atoms with Crippen LogP contribution in [0.4, 0.5) is 8.78 Å². The Morgan fingerprint density at radius 3 is 2.77 bits per heavy atom.